The van der Waals surface area contributed by atoms with Crippen LogP contribution in [0, 0.1) is 0 Å². The van der Waals surface area contributed by atoms with Crippen molar-refractivity contribution in [1.82, 2.24) is 15.6 Å². The molecule has 82 valence electrons. The molecule has 0 radical (unpaired) electrons. The monoisotopic (exact) mass is 207 g/mol. The molecule has 1 aromatic heterocycles. The minimum absolute atomic E-state index is 0.0691. The molecule has 4 nitrogen and oxygen atoms in total. The highest BCUT2D eigenvalue weighted by molar-refractivity contribution is 5.93. The summed E-state index contributed by atoms with van der Waals surface area (Å²) in [7, 11) is 1.85. The number of nitrogens with zero attached hydrogens (tertiary/aromatic N) is 1. The highest BCUT2D eigenvalue weighted by atomic mass is 16.1. The number of amides is 1. The van der Waals surface area contributed by atoms with Gasteiger partial charge in [-0.1, -0.05) is 6.92 Å². The molecule has 4 heteroatoms. The number of pyridine rings is 1. The maximum absolute atomic E-state index is 11.5. The van der Waals surface area contributed by atoms with E-state index in [1.54, 1.807) is 12.3 Å². The zero-order valence-corrected chi connectivity index (χ0v) is 9.21. The number of carbonyl (C=O) groups excluding carboxylic acids is 1. The first kappa shape index (κ1) is 11.7. The molecular formula is C11H17N3O. The molecule has 0 atom stereocenters. The van der Waals surface area contributed by atoms with E-state index in [0.29, 0.717) is 12.1 Å². The fraction of sp³-hybridized carbons (Fsp3) is 0.455. The van der Waals surface area contributed by atoms with Crippen LogP contribution in [0.15, 0.2) is 18.3 Å². The summed E-state index contributed by atoms with van der Waals surface area (Å²) in [6, 6.07) is 3.69. The third kappa shape index (κ3) is 3.67. The number of likely N-dealkylation sites (N-methyl/N-ethyl adjacent to an activating group) is 1. The Hall–Kier alpha value is -1.42. The first-order valence-corrected chi connectivity index (χ1v) is 5.15. The Morgan fingerprint density at radius 3 is 2.73 bits per heavy atom. The highest BCUT2D eigenvalue weighted by Gasteiger charge is 2.04. The van der Waals surface area contributed by atoms with E-state index in [0.717, 1.165) is 18.7 Å². The number of rotatable bonds is 5. The first-order chi connectivity index (χ1) is 7.27. The number of nitrogens with one attached hydrogen (secondary N) is 2. The maximum Gasteiger partial charge on any atom is 0.252 e. The van der Waals surface area contributed by atoms with E-state index in [4.69, 9.17) is 0 Å². The van der Waals surface area contributed by atoms with Gasteiger partial charge in [0, 0.05) is 25.0 Å². The molecule has 0 aliphatic carbocycles. The van der Waals surface area contributed by atoms with Crippen LogP contribution in [-0.2, 0) is 6.42 Å². The maximum atomic E-state index is 11.5. The van der Waals surface area contributed by atoms with Gasteiger partial charge in [0.2, 0.25) is 0 Å². The van der Waals surface area contributed by atoms with Crippen molar-refractivity contribution in [2.75, 3.05) is 20.1 Å². The van der Waals surface area contributed by atoms with Gasteiger partial charge in [-0.05, 0) is 25.6 Å². The predicted molar refractivity (Wildman–Crippen MR) is 59.9 cm³/mol. The lowest BCUT2D eigenvalue weighted by molar-refractivity contribution is 0.0954. The lowest BCUT2D eigenvalue weighted by atomic mass is 10.2. The van der Waals surface area contributed by atoms with E-state index in [1.165, 1.54) is 0 Å². The van der Waals surface area contributed by atoms with Gasteiger partial charge in [-0.3, -0.25) is 9.78 Å². The predicted octanol–water partition coefficient (Wildman–Crippen LogP) is 0.593. The molecule has 1 rings (SSSR count). The fourth-order valence-electron chi connectivity index (χ4n) is 1.17. The number of aromatic nitrogens is 1. The van der Waals surface area contributed by atoms with Gasteiger partial charge in [0.05, 0.1) is 5.56 Å². The number of hydrogen-bond donors (Lipinski definition) is 2. The summed E-state index contributed by atoms with van der Waals surface area (Å²) in [6.07, 6.45) is 2.51. The topological polar surface area (TPSA) is 54.0 Å². The highest BCUT2D eigenvalue weighted by Crippen LogP contribution is 2.00. The summed E-state index contributed by atoms with van der Waals surface area (Å²) in [5, 5.41) is 5.76. The number of hydrogen-bond acceptors (Lipinski definition) is 3. The van der Waals surface area contributed by atoms with E-state index < -0.39 is 0 Å². The van der Waals surface area contributed by atoms with Gasteiger partial charge in [-0.25, -0.2) is 0 Å². The van der Waals surface area contributed by atoms with Gasteiger partial charge in [0.1, 0.15) is 0 Å². The van der Waals surface area contributed by atoms with Gasteiger partial charge in [0.25, 0.3) is 5.91 Å². The van der Waals surface area contributed by atoms with E-state index in [2.05, 4.69) is 15.6 Å². The molecule has 15 heavy (non-hydrogen) atoms. The number of carbonyl (C=O) groups is 1. The molecule has 0 bridgehead atoms. The normalized spacial score (nSPS) is 10.0. The van der Waals surface area contributed by atoms with Gasteiger partial charge in [0.15, 0.2) is 0 Å². The SMILES string of the molecule is CCc1ccc(C(=O)NCCNC)cn1. The zero-order chi connectivity index (χ0) is 11.1. The first-order valence-electron chi connectivity index (χ1n) is 5.15. The van der Waals surface area contributed by atoms with Gasteiger partial charge in [-0.2, -0.15) is 0 Å². The Labute approximate surface area is 90.1 Å². The van der Waals surface area contributed by atoms with Crippen molar-refractivity contribution in [2.45, 2.75) is 13.3 Å². The third-order valence-corrected chi connectivity index (χ3v) is 2.11. The molecule has 2 N–H and O–H groups in total. The van der Waals surface area contributed by atoms with Crippen LogP contribution >= 0.6 is 0 Å². The molecule has 0 saturated heterocycles. The van der Waals surface area contributed by atoms with Crippen LogP contribution in [0.3, 0.4) is 0 Å². The van der Waals surface area contributed by atoms with Crippen molar-refractivity contribution in [3.63, 3.8) is 0 Å². The minimum Gasteiger partial charge on any atom is -0.351 e. The van der Waals surface area contributed by atoms with E-state index >= 15 is 0 Å². The Morgan fingerprint density at radius 2 is 2.20 bits per heavy atom. The van der Waals surface area contributed by atoms with Crippen LogP contribution in [0.2, 0.25) is 0 Å². The summed E-state index contributed by atoms with van der Waals surface area (Å²) < 4.78 is 0. The quantitative estimate of drug-likeness (QED) is 0.695. The van der Waals surface area contributed by atoms with Crippen molar-refractivity contribution in [3.05, 3.63) is 29.6 Å². The Morgan fingerprint density at radius 1 is 1.40 bits per heavy atom. The molecule has 0 unspecified atom stereocenters. The summed E-state index contributed by atoms with van der Waals surface area (Å²) in [5.74, 6) is -0.0691. The van der Waals surface area contributed by atoms with E-state index in [9.17, 15) is 4.79 Å². The standard InChI is InChI=1S/C11H17N3O/c1-3-10-5-4-9(8-14-10)11(15)13-7-6-12-2/h4-5,8,12H,3,6-7H2,1-2H3,(H,13,15). The van der Waals surface area contributed by atoms with Crippen LogP contribution in [0.5, 0.6) is 0 Å². The molecule has 0 spiro atoms. The minimum atomic E-state index is -0.0691. The lowest BCUT2D eigenvalue weighted by Gasteiger charge is -2.04. The second-order valence-corrected chi connectivity index (χ2v) is 3.25. The Balaban J connectivity index is 2.50. The second-order valence-electron chi connectivity index (χ2n) is 3.25. The molecule has 1 heterocycles. The summed E-state index contributed by atoms with van der Waals surface area (Å²) in [6.45, 7) is 3.44. The van der Waals surface area contributed by atoms with Gasteiger partial charge < -0.3 is 10.6 Å². The summed E-state index contributed by atoms with van der Waals surface area (Å²) >= 11 is 0. The van der Waals surface area contributed by atoms with Gasteiger partial charge >= 0.3 is 0 Å². The van der Waals surface area contributed by atoms with Crippen molar-refractivity contribution in [3.8, 4) is 0 Å². The Kier molecular flexibility index (Phi) is 4.77. The van der Waals surface area contributed by atoms with Crippen LogP contribution < -0.4 is 10.6 Å². The molecule has 1 amide bonds. The molecule has 0 aliphatic heterocycles. The Bertz CT molecular complexity index is 308. The zero-order valence-electron chi connectivity index (χ0n) is 9.21. The van der Waals surface area contributed by atoms with Crippen LogP contribution in [0.25, 0.3) is 0 Å². The lowest BCUT2D eigenvalue weighted by Crippen LogP contribution is -2.30. The number of aryl methyl sites for hydroxylation is 1. The molecule has 0 aliphatic rings. The third-order valence-electron chi connectivity index (χ3n) is 2.11. The molecular weight excluding hydrogens is 190 g/mol. The molecule has 1 aromatic rings. The summed E-state index contributed by atoms with van der Waals surface area (Å²) in [5.41, 5.74) is 1.62. The molecule has 0 saturated carbocycles. The van der Waals surface area contributed by atoms with Crippen molar-refractivity contribution in [2.24, 2.45) is 0 Å². The molecule has 0 aromatic carbocycles. The fourth-order valence-corrected chi connectivity index (χ4v) is 1.17. The largest absolute Gasteiger partial charge is 0.351 e. The van der Waals surface area contributed by atoms with Crippen LogP contribution in [-0.4, -0.2) is 31.0 Å². The second kappa shape index (κ2) is 6.14. The van der Waals surface area contributed by atoms with E-state index in [-0.39, 0.29) is 5.91 Å². The van der Waals surface area contributed by atoms with Crippen molar-refractivity contribution < 1.29 is 4.79 Å². The average molecular weight is 207 g/mol. The van der Waals surface area contributed by atoms with Crippen LogP contribution in [0.1, 0.15) is 23.0 Å². The van der Waals surface area contributed by atoms with Crippen molar-refractivity contribution in [1.29, 1.82) is 0 Å². The smallest absolute Gasteiger partial charge is 0.252 e. The average Bonchev–Trinajstić information content (AvgIpc) is 2.29. The van der Waals surface area contributed by atoms with E-state index in [1.807, 2.05) is 20.0 Å². The van der Waals surface area contributed by atoms with Gasteiger partial charge in [-0.15, -0.1) is 0 Å². The summed E-state index contributed by atoms with van der Waals surface area (Å²) in [4.78, 5) is 15.7. The van der Waals surface area contributed by atoms with Crippen LogP contribution in [0.4, 0.5) is 0 Å². The van der Waals surface area contributed by atoms with Crippen molar-refractivity contribution >= 4 is 5.91 Å². The molecule has 0 fully saturated rings.